The number of piperidine rings is 1. The zero-order valence-corrected chi connectivity index (χ0v) is 19.4. The van der Waals surface area contributed by atoms with Crippen molar-refractivity contribution >= 4 is 5.91 Å². The number of nitrogens with zero attached hydrogens (tertiary/aromatic N) is 3. The molecular weight excluding hydrogens is 376 g/mol. The molecule has 30 heavy (non-hydrogen) atoms. The van der Waals surface area contributed by atoms with E-state index in [0.29, 0.717) is 29.8 Å². The van der Waals surface area contributed by atoms with Crippen LogP contribution in [0.4, 0.5) is 0 Å². The van der Waals surface area contributed by atoms with Gasteiger partial charge in [0.15, 0.2) is 0 Å². The Kier molecular flexibility index (Phi) is 7.35. The number of hydrogen-bond acceptors (Lipinski definition) is 6. The van der Waals surface area contributed by atoms with Crippen molar-refractivity contribution in [2.24, 2.45) is 29.4 Å². The fraction of sp³-hybridized carbons (Fsp3) is 0.957. The van der Waals surface area contributed by atoms with Gasteiger partial charge in [-0.15, -0.1) is 0 Å². The van der Waals surface area contributed by atoms with E-state index >= 15 is 0 Å². The summed E-state index contributed by atoms with van der Waals surface area (Å²) >= 11 is 0. The van der Waals surface area contributed by atoms with Crippen LogP contribution in [-0.4, -0.2) is 85.3 Å². The molecular formula is C23H44N6O. The Labute approximate surface area is 183 Å². The molecule has 6 unspecified atom stereocenters. The number of nitrogens with one attached hydrogen (secondary N) is 2. The molecule has 7 nitrogen and oxygen atoms in total. The molecule has 3 aliphatic heterocycles. The van der Waals surface area contributed by atoms with Gasteiger partial charge in [0.1, 0.15) is 0 Å². The quantitative estimate of drug-likeness (QED) is 0.572. The van der Waals surface area contributed by atoms with Crippen molar-refractivity contribution in [2.45, 2.75) is 70.6 Å². The predicted octanol–water partition coefficient (Wildman–Crippen LogP) is 1.06. The van der Waals surface area contributed by atoms with Crippen LogP contribution in [0.5, 0.6) is 0 Å². The predicted molar refractivity (Wildman–Crippen MR) is 120 cm³/mol. The van der Waals surface area contributed by atoms with Gasteiger partial charge in [-0.05, 0) is 64.8 Å². The molecule has 0 aromatic heterocycles. The molecule has 1 saturated carbocycles. The van der Waals surface area contributed by atoms with Crippen LogP contribution in [0.1, 0.15) is 52.4 Å². The van der Waals surface area contributed by atoms with Crippen molar-refractivity contribution < 1.29 is 4.79 Å². The van der Waals surface area contributed by atoms with Crippen LogP contribution in [0.2, 0.25) is 0 Å². The summed E-state index contributed by atoms with van der Waals surface area (Å²) in [5, 5.41) is 6.41. The molecule has 4 rings (SSSR count). The Balaban J connectivity index is 1.46. The van der Waals surface area contributed by atoms with Crippen molar-refractivity contribution in [2.75, 3.05) is 46.3 Å². The first-order valence-corrected chi connectivity index (χ1v) is 12.4. The smallest absolute Gasteiger partial charge is 0.226 e. The lowest BCUT2D eigenvalue weighted by atomic mass is 9.71. The maximum absolute atomic E-state index is 13.3. The van der Waals surface area contributed by atoms with Gasteiger partial charge in [0.05, 0.1) is 6.17 Å². The normalized spacial score (nSPS) is 37.5. The molecule has 0 radical (unpaired) electrons. The van der Waals surface area contributed by atoms with Crippen molar-refractivity contribution in [3.05, 3.63) is 0 Å². The largest absolute Gasteiger partial charge is 0.342 e. The Morgan fingerprint density at radius 3 is 2.67 bits per heavy atom. The summed E-state index contributed by atoms with van der Waals surface area (Å²) < 4.78 is 0. The highest BCUT2D eigenvalue weighted by atomic mass is 16.2. The van der Waals surface area contributed by atoms with E-state index < -0.39 is 0 Å². The second-order valence-electron chi connectivity index (χ2n) is 10.6. The van der Waals surface area contributed by atoms with Gasteiger partial charge in [-0.25, -0.2) is 5.01 Å². The Morgan fingerprint density at radius 1 is 1.20 bits per heavy atom. The first-order valence-electron chi connectivity index (χ1n) is 12.4. The van der Waals surface area contributed by atoms with Crippen LogP contribution in [0.25, 0.3) is 0 Å². The molecule has 1 amide bonds. The highest BCUT2D eigenvalue weighted by molar-refractivity contribution is 5.80. The summed E-state index contributed by atoms with van der Waals surface area (Å²) in [5.74, 6) is 2.40. The number of fused-ring (bicyclic) bond motifs is 1. The number of nitrogens with two attached hydrogens (primary N) is 1. The van der Waals surface area contributed by atoms with Crippen molar-refractivity contribution in [1.82, 2.24) is 25.6 Å². The number of likely N-dealkylation sites (tertiary alicyclic amines) is 1. The van der Waals surface area contributed by atoms with Crippen LogP contribution in [0.3, 0.4) is 0 Å². The molecule has 7 heteroatoms. The number of amides is 1. The first-order chi connectivity index (χ1) is 14.5. The number of carbonyl (C=O) groups excluding carboxylic acids is 1. The fourth-order valence-corrected chi connectivity index (χ4v) is 6.43. The summed E-state index contributed by atoms with van der Waals surface area (Å²) in [6.07, 6.45) is 7.69. The molecule has 0 aromatic rings. The minimum Gasteiger partial charge on any atom is -0.342 e. The highest BCUT2D eigenvalue weighted by Crippen LogP contribution is 2.40. The summed E-state index contributed by atoms with van der Waals surface area (Å²) in [6.45, 7) is 10.2. The monoisotopic (exact) mass is 420 g/mol. The second kappa shape index (κ2) is 9.82. The third-order valence-electron chi connectivity index (χ3n) is 8.14. The third kappa shape index (κ3) is 4.70. The van der Waals surface area contributed by atoms with Crippen molar-refractivity contribution in [1.29, 1.82) is 0 Å². The maximum Gasteiger partial charge on any atom is 0.226 e. The van der Waals surface area contributed by atoms with Crippen LogP contribution >= 0.6 is 0 Å². The number of carbonyl (C=O) groups is 1. The van der Waals surface area contributed by atoms with E-state index in [9.17, 15) is 4.79 Å². The van der Waals surface area contributed by atoms with Crippen LogP contribution in [-0.2, 0) is 4.79 Å². The van der Waals surface area contributed by atoms with Gasteiger partial charge in [0, 0.05) is 63.2 Å². The van der Waals surface area contributed by atoms with Gasteiger partial charge in [-0.2, -0.15) is 0 Å². The van der Waals surface area contributed by atoms with E-state index in [1.54, 1.807) is 0 Å². The Hall–Kier alpha value is -0.730. The molecule has 3 saturated heterocycles. The summed E-state index contributed by atoms with van der Waals surface area (Å²) in [7, 11) is 2.20. The lowest BCUT2D eigenvalue weighted by molar-refractivity contribution is -0.144. The minimum absolute atomic E-state index is 0.165. The molecule has 4 aliphatic rings. The van der Waals surface area contributed by atoms with Crippen LogP contribution < -0.4 is 16.5 Å². The fourth-order valence-electron chi connectivity index (χ4n) is 6.43. The van der Waals surface area contributed by atoms with E-state index in [4.69, 9.17) is 5.73 Å². The zero-order valence-electron chi connectivity index (χ0n) is 19.4. The molecule has 0 bridgehead atoms. The Morgan fingerprint density at radius 2 is 2.00 bits per heavy atom. The zero-order chi connectivity index (χ0) is 21.3. The van der Waals surface area contributed by atoms with Crippen molar-refractivity contribution in [3.63, 3.8) is 0 Å². The number of rotatable bonds is 7. The number of likely N-dealkylation sites (N-methyl/N-ethyl adjacent to an activating group) is 1. The SMILES string of the molecule is CC(C)N1NCC2C(C(=O)N3CCC3)CC(C3CCCC(CN(C)CCN)C3)NC21. The van der Waals surface area contributed by atoms with E-state index in [1.165, 1.54) is 32.1 Å². The highest BCUT2D eigenvalue weighted by Gasteiger charge is 2.50. The Bertz CT molecular complexity index is 582. The van der Waals surface area contributed by atoms with Gasteiger partial charge < -0.3 is 15.5 Å². The lowest BCUT2D eigenvalue weighted by Crippen LogP contribution is -2.62. The average molecular weight is 421 g/mol. The van der Waals surface area contributed by atoms with Crippen LogP contribution in [0.15, 0.2) is 0 Å². The van der Waals surface area contributed by atoms with E-state index in [1.807, 2.05) is 0 Å². The molecule has 4 fully saturated rings. The average Bonchev–Trinajstić information content (AvgIpc) is 3.10. The summed E-state index contributed by atoms with van der Waals surface area (Å²) in [5.41, 5.74) is 9.36. The van der Waals surface area contributed by atoms with E-state index in [2.05, 4.69) is 46.4 Å². The number of hydrogen-bond donors (Lipinski definition) is 3. The van der Waals surface area contributed by atoms with Gasteiger partial charge in [-0.1, -0.05) is 6.42 Å². The summed E-state index contributed by atoms with van der Waals surface area (Å²) in [6, 6.07) is 0.875. The molecule has 1 aliphatic carbocycles. The molecule has 0 spiro atoms. The first kappa shape index (κ1) is 22.5. The van der Waals surface area contributed by atoms with Gasteiger partial charge in [0.25, 0.3) is 0 Å². The third-order valence-corrected chi connectivity index (χ3v) is 8.14. The van der Waals surface area contributed by atoms with Gasteiger partial charge >= 0.3 is 0 Å². The molecule has 172 valence electrons. The van der Waals surface area contributed by atoms with E-state index in [-0.39, 0.29) is 12.1 Å². The van der Waals surface area contributed by atoms with Crippen molar-refractivity contribution in [3.8, 4) is 0 Å². The lowest BCUT2D eigenvalue weighted by Gasteiger charge is -2.47. The van der Waals surface area contributed by atoms with E-state index in [0.717, 1.165) is 51.6 Å². The number of hydrazine groups is 1. The topological polar surface area (TPSA) is 76.9 Å². The second-order valence-corrected chi connectivity index (χ2v) is 10.6. The molecule has 4 N–H and O–H groups in total. The van der Waals surface area contributed by atoms with Gasteiger partial charge in [-0.3, -0.25) is 15.5 Å². The standard InChI is InChI=1S/C23H44N6O/c1-16(2)29-22-20(14-25-29)19(23(30)28-9-5-10-28)13-21(26-22)18-7-4-6-17(12-18)15-27(3)11-8-24/h16-22,25-26H,4-15,24H2,1-3H3. The van der Waals surface area contributed by atoms with Crippen LogP contribution in [0, 0.1) is 23.7 Å². The van der Waals surface area contributed by atoms with Gasteiger partial charge in [0.2, 0.25) is 5.91 Å². The molecule has 0 aromatic carbocycles. The minimum atomic E-state index is 0.165. The maximum atomic E-state index is 13.3. The molecule has 3 heterocycles. The summed E-state index contributed by atoms with van der Waals surface area (Å²) in [4.78, 5) is 17.8. The molecule has 6 atom stereocenters.